The van der Waals surface area contributed by atoms with E-state index >= 15 is 0 Å². The van der Waals surface area contributed by atoms with Crippen molar-refractivity contribution in [2.24, 2.45) is 0 Å². The topological polar surface area (TPSA) is 25.2 Å². The zero-order valence-electron chi connectivity index (χ0n) is 11.3. The lowest BCUT2D eigenvalue weighted by molar-refractivity contribution is 0.468. The molecule has 1 aromatic carbocycles. The normalized spacial score (nSPS) is 12.7. The van der Waals surface area contributed by atoms with E-state index in [1.54, 1.807) is 6.07 Å². The van der Waals surface area contributed by atoms with Gasteiger partial charge in [-0.2, -0.15) is 0 Å². The number of furan rings is 1. The highest BCUT2D eigenvalue weighted by atomic mass is 79.9. The van der Waals surface area contributed by atoms with Crippen molar-refractivity contribution in [2.75, 3.05) is 6.54 Å². The fourth-order valence-corrected chi connectivity index (χ4v) is 2.73. The third-order valence-corrected chi connectivity index (χ3v) is 3.60. The van der Waals surface area contributed by atoms with Crippen LogP contribution in [0.1, 0.15) is 19.6 Å². The van der Waals surface area contributed by atoms with Crippen LogP contribution in [0.3, 0.4) is 0 Å². The van der Waals surface area contributed by atoms with Crippen molar-refractivity contribution >= 4 is 15.9 Å². The van der Waals surface area contributed by atoms with Crippen LogP contribution in [0.4, 0.5) is 8.78 Å². The molecule has 2 rings (SSSR count). The largest absolute Gasteiger partial charge is 0.461 e. The monoisotopic (exact) mass is 343 g/mol. The molecule has 1 N–H and O–H groups in total. The van der Waals surface area contributed by atoms with Gasteiger partial charge in [-0.05, 0) is 47.6 Å². The molecule has 0 aliphatic carbocycles. The molecule has 5 heteroatoms. The number of hydrogen-bond acceptors (Lipinski definition) is 2. The van der Waals surface area contributed by atoms with Crippen molar-refractivity contribution in [2.45, 2.75) is 26.3 Å². The standard InChI is InChI=1S/C15H16BrF2NO/c1-3-19-9(2)6-11-4-5-14(20-11)15-12(16)7-10(17)8-13(15)18/h4-5,7-9,19H,3,6H2,1-2H3. The molecule has 0 spiro atoms. The van der Waals surface area contributed by atoms with Crippen LogP contribution in [0.15, 0.2) is 33.2 Å². The molecule has 0 fully saturated rings. The molecular formula is C15H16BrF2NO. The smallest absolute Gasteiger partial charge is 0.138 e. The quantitative estimate of drug-likeness (QED) is 0.862. The zero-order valence-corrected chi connectivity index (χ0v) is 12.9. The van der Waals surface area contributed by atoms with Gasteiger partial charge in [-0.3, -0.25) is 0 Å². The molecule has 0 saturated heterocycles. The van der Waals surface area contributed by atoms with Gasteiger partial charge < -0.3 is 9.73 Å². The molecule has 108 valence electrons. The molecule has 20 heavy (non-hydrogen) atoms. The number of hydrogen-bond donors (Lipinski definition) is 1. The van der Waals surface area contributed by atoms with Gasteiger partial charge in [0.25, 0.3) is 0 Å². The van der Waals surface area contributed by atoms with Gasteiger partial charge in [-0.25, -0.2) is 8.78 Å². The maximum atomic E-state index is 13.8. The second-order valence-corrected chi connectivity index (χ2v) is 5.53. The van der Waals surface area contributed by atoms with Gasteiger partial charge in [0.15, 0.2) is 0 Å². The second kappa shape index (κ2) is 6.50. The predicted molar refractivity (Wildman–Crippen MR) is 78.6 cm³/mol. The summed E-state index contributed by atoms with van der Waals surface area (Å²) >= 11 is 3.17. The molecule has 1 heterocycles. The third kappa shape index (κ3) is 3.46. The van der Waals surface area contributed by atoms with Crippen molar-refractivity contribution in [1.29, 1.82) is 0 Å². The summed E-state index contributed by atoms with van der Waals surface area (Å²) in [7, 11) is 0. The second-order valence-electron chi connectivity index (χ2n) is 4.67. The van der Waals surface area contributed by atoms with Crippen LogP contribution in [0.25, 0.3) is 11.3 Å². The van der Waals surface area contributed by atoms with Gasteiger partial charge in [0.1, 0.15) is 23.2 Å². The highest BCUT2D eigenvalue weighted by molar-refractivity contribution is 9.10. The summed E-state index contributed by atoms with van der Waals surface area (Å²) in [5.74, 6) is -0.0969. The van der Waals surface area contributed by atoms with E-state index in [9.17, 15) is 8.78 Å². The minimum absolute atomic E-state index is 0.244. The zero-order chi connectivity index (χ0) is 14.7. The Balaban J connectivity index is 2.25. The van der Waals surface area contributed by atoms with Crippen molar-refractivity contribution in [3.8, 4) is 11.3 Å². The molecule has 0 bridgehead atoms. The van der Waals surface area contributed by atoms with E-state index in [0.717, 1.165) is 18.4 Å². The predicted octanol–water partition coefficient (Wildman–Crippen LogP) is 4.53. The van der Waals surface area contributed by atoms with Crippen LogP contribution < -0.4 is 5.32 Å². The average molecular weight is 344 g/mol. The summed E-state index contributed by atoms with van der Waals surface area (Å²) in [6.45, 7) is 4.97. The lowest BCUT2D eigenvalue weighted by atomic mass is 10.1. The van der Waals surface area contributed by atoms with Crippen molar-refractivity contribution < 1.29 is 13.2 Å². The van der Waals surface area contributed by atoms with Gasteiger partial charge in [-0.15, -0.1) is 0 Å². The van der Waals surface area contributed by atoms with E-state index in [4.69, 9.17) is 4.42 Å². The molecule has 1 atom stereocenters. The van der Waals surface area contributed by atoms with Gasteiger partial charge in [0.05, 0.1) is 5.56 Å². The van der Waals surface area contributed by atoms with Gasteiger partial charge in [0.2, 0.25) is 0 Å². The molecule has 0 aliphatic heterocycles. The van der Waals surface area contributed by atoms with E-state index in [1.165, 1.54) is 6.07 Å². The van der Waals surface area contributed by atoms with Gasteiger partial charge in [0, 0.05) is 23.0 Å². The van der Waals surface area contributed by atoms with Crippen LogP contribution in [0.2, 0.25) is 0 Å². The average Bonchev–Trinajstić information content (AvgIpc) is 2.76. The minimum Gasteiger partial charge on any atom is -0.461 e. The summed E-state index contributed by atoms with van der Waals surface area (Å²) in [5.41, 5.74) is 0.244. The molecule has 2 aromatic rings. The summed E-state index contributed by atoms with van der Waals surface area (Å²) in [6, 6.07) is 5.87. The van der Waals surface area contributed by atoms with Crippen molar-refractivity contribution in [3.63, 3.8) is 0 Å². The number of benzene rings is 1. The first-order valence-electron chi connectivity index (χ1n) is 6.48. The lowest BCUT2D eigenvalue weighted by Crippen LogP contribution is -2.27. The highest BCUT2D eigenvalue weighted by Crippen LogP contribution is 2.33. The first-order chi connectivity index (χ1) is 9.51. The third-order valence-electron chi connectivity index (χ3n) is 2.97. The molecular weight excluding hydrogens is 328 g/mol. The van der Waals surface area contributed by atoms with Gasteiger partial charge in [-0.1, -0.05) is 6.92 Å². The fraction of sp³-hybridized carbons (Fsp3) is 0.333. The van der Waals surface area contributed by atoms with E-state index in [1.807, 2.05) is 13.0 Å². The first kappa shape index (κ1) is 15.2. The Hall–Kier alpha value is -1.20. The Morgan fingerprint density at radius 2 is 2.05 bits per heavy atom. The minimum atomic E-state index is -0.641. The van der Waals surface area contributed by atoms with Crippen LogP contribution >= 0.6 is 15.9 Å². The number of nitrogens with one attached hydrogen (secondary N) is 1. The molecule has 2 nitrogen and oxygen atoms in total. The lowest BCUT2D eigenvalue weighted by Gasteiger charge is -2.09. The maximum absolute atomic E-state index is 13.8. The molecule has 0 radical (unpaired) electrons. The fourth-order valence-electron chi connectivity index (χ4n) is 2.12. The van der Waals surface area contributed by atoms with E-state index < -0.39 is 11.6 Å². The Labute approximate surface area is 125 Å². The summed E-state index contributed by atoms with van der Waals surface area (Å²) < 4.78 is 32.9. The summed E-state index contributed by atoms with van der Waals surface area (Å²) in [4.78, 5) is 0. The highest BCUT2D eigenvalue weighted by Gasteiger charge is 2.16. The molecule has 1 aromatic heterocycles. The molecule has 0 saturated carbocycles. The maximum Gasteiger partial charge on any atom is 0.138 e. The van der Waals surface area contributed by atoms with E-state index in [-0.39, 0.29) is 11.6 Å². The Bertz CT molecular complexity index is 574. The SMILES string of the molecule is CCNC(C)Cc1ccc(-c2c(F)cc(F)cc2Br)o1. The molecule has 0 amide bonds. The number of rotatable bonds is 5. The van der Waals surface area contributed by atoms with Gasteiger partial charge >= 0.3 is 0 Å². The number of halogens is 3. The van der Waals surface area contributed by atoms with Crippen molar-refractivity contribution in [1.82, 2.24) is 5.32 Å². The van der Waals surface area contributed by atoms with Crippen LogP contribution in [0.5, 0.6) is 0 Å². The summed E-state index contributed by atoms with van der Waals surface area (Å²) in [5, 5.41) is 3.28. The first-order valence-corrected chi connectivity index (χ1v) is 7.27. The summed E-state index contributed by atoms with van der Waals surface area (Å²) in [6.07, 6.45) is 0.717. The van der Waals surface area contributed by atoms with E-state index in [0.29, 0.717) is 16.7 Å². The van der Waals surface area contributed by atoms with E-state index in [2.05, 4.69) is 28.2 Å². The Kier molecular flexibility index (Phi) is 4.94. The van der Waals surface area contributed by atoms with Crippen LogP contribution in [-0.4, -0.2) is 12.6 Å². The number of likely N-dealkylation sites (N-methyl/N-ethyl adjacent to an activating group) is 1. The van der Waals surface area contributed by atoms with Crippen LogP contribution in [-0.2, 0) is 6.42 Å². The van der Waals surface area contributed by atoms with Crippen molar-refractivity contribution in [3.05, 3.63) is 46.1 Å². The Morgan fingerprint density at radius 1 is 1.30 bits per heavy atom. The molecule has 0 aliphatic rings. The van der Waals surface area contributed by atoms with Crippen LogP contribution in [0, 0.1) is 11.6 Å². The molecule has 1 unspecified atom stereocenters. The Morgan fingerprint density at radius 3 is 2.70 bits per heavy atom.